The van der Waals surface area contributed by atoms with Gasteiger partial charge in [-0.25, -0.2) is 0 Å². The molecule has 0 amide bonds. The van der Waals surface area contributed by atoms with Crippen LogP contribution in [0.4, 0.5) is 5.82 Å². The van der Waals surface area contributed by atoms with Gasteiger partial charge in [0.1, 0.15) is 0 Å². The van der Waals surface area contributed by atoms with Gasteiger partial charge in [-0.2, -0.15) is 0 Å². The van der Waals surface area contributed by atoms with Crippen LogP contribution in [0, 0.1) is 0 Å². The van der Waals surface area contributed by atoms with Crippen molar-refractivity contribution in [3.63, 3.8) is 0 Å². The third kappa shape index (κ3) is 1.87. The maximum atomic E-state index is 10.0. The molecule has 0 unspecified atom stereocenters. The summed E-state index contributed by atoms with van der Waals surface area (Å²) in [5.74, 6) is 0.246. The van der Waals surface area contributed by atoms with Crippen molar-refractivity contribution >= 4 is 37.5 Å². The molecule has 1 aliphatic heterocycles. The van der Waals surface area contributed by atoms with E-state index in [0.29, 0.717) is 11.2 Å². The number of fused-ring (bicyclic) bond motifs is 1. The average molecular weight is 327 g/mol. The van der Waals surface area contributed by atoms with Crippen LogP contribution in [-0.2, 0) is 4.74 Å². The number of imidazole rings is 1. The van der Waals surface area contributed by atoms with Crippen LogP contribution in [0.25, 0.3) is 11.2 Å². The first-order chi connectivity index (χ1) is 9.13. The fourth-order valence-electron chi connectivity index (χ4n) is 2.04. The van der Waals surface area contributed by atoms with Crippen LogP contribution in [0.1, 0.15) is 6.23 Å². The predicted molar refractivity (Wildman–Crippen MR) is 66.4 cm³/mol. The number of hydrogen-bond acceptors (Lipinski definition) is 7. The molecule has 19 heavy (non-hydrogen) atoms. The molecule has 9 heteroatoms. The monoisotopic (exact) mass is 328 g/mol. The maximum absolute atomic E-state index is 10.0. The van der Waals surface area contributed by atoms with Gasteiger partial charge in [0.05, 0.1) is 0 Å². The second-order valence-electron chi connectivity index (χ2n) is 4.13. The zero-order valence-electron chi connectivity index (χ0n) is 9.54. The number of nitrogens with two attached hydrogens (primary N) is 1. The van der Waals surface area contributed by atoms with E-state index in [1.165, 1.54) is 17.2 Å². The van der Waals surface area contributed by atoms with Crippen LogP contribution in [0.5, 0.6) is 0 Å². The van der Waals surface area contributed by atoms with E-state index in [4.69, 9.17) is 10.5 Å². The van der Waals surface area contributed by atoms with E-state index in [-0.39, 0.29) is 5.82 Å². The molecule has 4 N–H and O–H groups in total. The minimum absolute atomic E-state index is 0.246. The number of nitrogens with zero attached hydrogens (tertiary/aromatic N) is 4. The van der Waals surface area contributed by atoms with Crippen molar-refractivity contribution in [3.05, 3.63) is 12.7 Å². The van der Waals surface area contributed by atoms with E-state index in [1.807, 2.05) is 0 Å². The number of aliphatic hydroxyl groups is 2. The van der Waals surface area contributed by atoms with Gasteiger partial charge in [0.25, 0.3) is 0 Å². The van der Waals surface area contributed by atoms with Crippen LogP contribution >= 0.6 is 0 Å². The van der Waals surface area contributed by atoms with Crippen LogP contribution in [0.2, 0.25) is 0 Å². The molecule has 3 rings (SSSR count). The Morgan fingerprint density at radius 2 is 2.11 bits per heavy atom. The Labute approximate surface area is 115 Å². The molecule has 0 aromatic carbocycles. The fraction of sp³-hybridized carbons (Fsp3) is 0.400. The first-order valence-corrected chi connectivity index (χ1v) is 6.31. The molecule has 4 atom stereocenters. The quantitative estimate of drug-likeness (QED) is 0.539. The second kappa shape index (κ2) is 4.62. The minimum atomic E-state index is -1.11. The van der Waals surface area contributed by atoms with Gasteiger partial charge in [0.15, 0.2) is 0 Å². The van der Waals surface area contributed by atoms with Crippen molar-refractivity contribution in [2.45, 2.75) is 24.5 Å². The summed E-state index contributed by atoms with van der Waals surface area (Å²) in [6.07, 6.45) is -0.950. The average Bonchev–Trinajstić information content (AvgIpc) is 2.94. The molecule has 1 fully saturated rings. The van der Waals surface area contributed by atoms with Crippen molar-refractivity contribution in [1.82, 2.24) is 19.5 Å². The Kier molecular flexibility index (Phi) is 3.08. The summed E-state index contributed by atoms with van der Waals surface area (Å²) in [5.41, 5.74) is 6.54. The number of aromatic nitrogens is 4. The molecule has 2 aromatic heterocycles. The number of rotatable bonds is 2. The summed E-state index contributed by atoms with van der Waals surface area (Å²) in [6.45, 7) is 0. The fourth-order valence-corrected chi connectivity index (χ4v) is 2.45. The first kappa shape index (κ1) is 12.6. The second-order valence-corrected chi connectivity index (χ2v) is 4.62. The van der Waals surface area contributed by atoms with Crippen molar-refractivity contribution in [3.8, 4) is 0 Å². The van der Waals surface area contributed by atoms with Crippen LogP contribution in [0.3, 0.4) is 0 Å². The standard InChI is InChI=1S/C10H10N5O3Se/c11-8-5-9(13-2-12-8)15(3-14-5)10-7(17)6(16)4(1-19)18-10/h2-4,6-7,10,16-17H,(H2,11,12,13)/t4-,6-,7-,10-/m1/s1. The van der Waals surface area contributed by atoms with Gasteiger partial charge in [0, 0.05) is 0 Å². The topological polar surface area (TPSA) is 119 Å². The number of ether oxygens (including phenoxy) is 1. The van der Waals surface area contributed by atoms with Crippen molar-refractivity contribution in [2.24, 2.45) is 0 Å². The molecule has 1 radical (unpaired) electrons. The Morgan fingerprint density at radius 3 is 2.79 bits per heavy atom. The molecule has 99 valence electrons. The normalized spacial score (nSPS) is 30.8. The van der Waals surface area contributed by atoms with Crippen LogP contribution in [-0.4, -0.2) is 68.5 Å². The summed E-state index contributed by atoms with van der Waals surface area (Å²) in [4.78, 5) is 14.6. The third-order valence-electron chi connectivity index (χ3n) is 3.02. The SMILES string of the molecule is Nc1ncnc2c1ncn2[C@@H]1O[C@H]([C]=[Se])[C@@H](O)[C@H]1O. The van der Waals surface area contributed by atoms with Gasteiger partial charge in [-0.05, 0) is 0 Å². The Morgan fingerprint density at radius 1 is 1.32 bits per heavy atom. The van der Waals surface area contributed by atoms with Crippen LogP contribution < -0.4 is 5.73 Å². The van der Waals surface area contributed by atoms with E-state index < -0.39 is 24.5 Å². The molecule has 0 aliphatic carbocycles. The van der Waals surface area contributed by atoms with E-state index in [9.17, 15) is 10.2 Å². The van der Waals surface area contributed by atoms with E-state index in [2.05, 4.69) is 35.4 Å². The molecular formula is C10H10N5O3Se. The van der Waals surface area contributed by atoms with Crippen LogP contribution in [0.15, 0.2) is 12.7 Å². The number of aliphatic hydroxyl groups excluding tert-OH is 2. The summed E-state index contributed by atoms with van der Waals surface area (Å²) < 4.78 is 7.02. The van der Waals surface area contributed by atoms with Gasteiger partial charge in [-0.1, -0.05) is 0 Å². The summed E-state index contributed by atoms with van der Waals surface area (Å²) in [5, 5.41) is 19.8. The number of anilines is 1. The van der Waals surface area contributed by atoms with Crippen molar-refractivity contribution in [2.75, 3.05) is 5.73 Å². The van der Waals surface area contributed by atoms with E-state index in [1.54, 1.807) is 0 Å². The summed E-state index contributed by atoms with van der Waals surface area (Å²) >= 11 is 2.53. The van der Waals surface area contributed by atoms with Gasteiger partial charge in [0.2, 0.25) is 0 Å². The van der Waals surface area contributed by atoms with Crippen molar-refractivity contribution in [1.29, 1.82) is 0 Å². The Bertz CT molecular complexity index is 633. The number of hydrogen-bond donors (Lipinski definition) is 3. The summed E-state index contributed by atoms with van der Waals surface area (Å²) in [6, 6.07) is 0. The molecular weight excluding hydrogens is 317 g/mol. The van der Waals surface area contributed by atoms with Gasteiger partial charge in [-0.3, -0.25) is 0 Å². The van der Waals surface area contributed by atoms with E-state index in [0.717, 1.165) is 0 Å². The third-order valence-corrected chi connectivity index (χ3v) is 3.50. The first-order valence-electron chi connectivity index (χ1n) is 5.45. The Balaban J connectivity index is 2.06. The zero-order valence-corrected chi connectivity index (χ0v) is 11.3. The summed E-state index contributed by atoms with van der Waals surface area (Å²) in [7, 11) is 0. The number of nitrogen functional groups attached to an aromatic ring is 1. The molecule has 8 nitrogen and oxygen atoms in total. The predicted octanol–water partition coefficient (Wildman–Crippen LogP) is -2.12. The molecule has 3 heterocycles. The molecule has 1 saturated heterocycles. The molecule has 2 aromatic rings. The molecule has 0 bridgehead atoms. The molecule has 1 aliphatic rings. The van der Waals surface area contributed by atoms with Crippen molar-refractivity contribution < 1.29 is 14.9 Å². The van der Waals surface area contributed by atoms with Gasteiger partial charge in [-0.15, -0.1) is 0 Å². The van der Waals surface area contributed by atoms with Gasteiger partial charge >= 0.3 is 115 Å². The Hall–Kier alpha value is -1.38. The zero-order chi connectivity index (χ0) is 13.6. The molecule has 0 saturated carbocycles. The van der Waals surface area contributed by atoms with Gasteiger partial charge < -0.3 is 0 Å². The molecule has 0 spiro atoms. The van der Waals surface area contributed by atoms with E-state index >= 15 is 0 Å².